The van der Waals surface area contributed by atoms with E-state index in [-0.39, 0.29) is 23.8 Å². The van der Waals surface area contributed by atoms with Gasteiger partial charge < -0.3 is 19.1 Å². The maximum absolute atomic E-state index is 12.3. The van der Waals surface area contributed by atoms with Gasteiger partial charge in [0, 0.05) is 13.0 Å². The first-order valence-corrected chi connectivity index (χ1v) is 7.72. The predicted octanol–water partition coefficient (Wildman–Crippen LogP) is 1.71. The van der Waals surface area contributed by atoms with Crippen molar-refractivity contribution in [1.29, 1.82) is 0 Å². The van der Waals surface area contributed by atoms with Gasteiger partial charge >= 0.3 is 5.97 Å². The van der Waals surface area contributed by atoms with Crippen molar-refractivity contribution in [3.8, 4) is 11.5 Å². The molecule has 2 aliphatic heterocycles. The minimum absolute atomic E-state index is 0.0931. The summed E-state index contributed by atoms with van der Waals surface area (Å²) in [5.41, 5.74) is 2.05. The molecule has 1 saturated heterocycles. The minimum atomic E-state index is -0.338. The van der Waals surface area contributed by atoms with Crippen LogP contribution in [0.3, 0.4) is 0 Å². The highest BCUT2D eigenvalue weighted by Crippen LogP contribution is 2.44. The number of esters is 1. The van der Waals surface area contributed by atoms with Gasteiger partial charge in [0.2, 0.25) is 5.91 Å². The third-order valence-corrected chi connectivity index (χ3v) is 4.80. The predicted molar refractivity (Wildman–Crippen MR) is 82.4 cm³/mol. The molecule has 6 heteroatoms. The van der Waals surface area contributed by atoms with E-state index in [4.69, 9.17) is 14.2 Å². The summed E-state index contributed by atoms with van der Waals surface area (Å²) in [6.45, 7) is 0.611. The number of carbonyl (C=O) groups excluding carboxylic acids is 2. The first kappa shape index (κ1) is 15.6. The lowest BCUT2D eigenvalue weighted by Crippen LogP contribution is -2.48. The van der Waals surface area contributed by atoms with Crippen LogP contribution < -0.4 is 9.47 Å². The van der Waals surface area contributed by atoms with Crippen molar-refractivity contribution < 1.29 is 23.8 Å². The SMILES string of the molecule is COC(=O)[C@H]1CCC(=O)N2CCc3cc(OC)c(OC)cc3[C@H]12. The molecule has 1 fully saturated rings. The van der Waals surface area contributed by atoms with Gasteiger partial charge in [0.05, 0.1) is 33.3 Å². The molecule has 0 N–H and O–H groups in total. The highest BCUT2D eigenvalue weighted by Gasteiger charge is 2.44. The number of methoxy groups -OCH3 is 3. The summed E-state index contributed by atoms with van der Waals surface area (Å²) in [6.07, 6.45) is 1.64. The van der Waals surface area contributed by atoms with Crippen LogP contribution in [0.4, 0.5) is 0 Å². The molecule has 2 atom stereocenters. The fourth-order valence-electron chi connectivity index (χ4n) is 3.67. The van der Waals surface area contributed by atoms with Crippen molar-refractivity contribution in [1.82, 2.24) is 4.90 Å². The molecule has 2 aliphatic rings. The van der Waals surface area contributed by atoms with E-state index in [0.29, 0.717) is 30.9 Å². The number of piperidine rings is 1. The molecular formula is C17H21NO5. The van der Waals surface area contributed by atoms with Gasteiger partial charge in [-0.05, 0) is 36.1 Å². The number of hydrogen-bond acceptors (Lipinski definition) is 5. The van der Waals surface area contributed by atoms with Crippen molar-refractivity contribution in [2.45, 2.75) is 25.3 Å². The zero-order valence-corrected chi connectivity index (χ0v) is 13.6. The summed E-state index contributed by atoms with van der Waals surface area (Å²) >= 11 is 0. The van der Waals surface area contributed by atoms with E-state index in [0.717, 1.165) is 17.5 Å². The van der Waals surface area contributed by atoms with Crippen molar-refractivity contribution >= 4 is 11.9 Å². The van der Waals surface area contributed by atoms with Crippen LogP contribution in [0.2, 0.25) is 0 Å². The zero-order valence-electron chi connectivity index (χ0n) is 13.6. The number of ether oxygens (including phenoxy) is 3. The second-order valence-electron chi connectivity index (χ2n) is 5.86. The largest absolute Gasteiger partial charge is 0.493 e. The number of rotatable bonds is 3. The molecule has 0 unspecified atom stereocenters. The van der Waals surface area contributed by atoms with E-state index < -0.39 is 0 Å². The molecule has 0 spiro atoms. The Kier molecular flexibility index (Phi) is 4.15. The zero-order chi connectivity index (χ0) is 16.6. The summed E-state index contributed by atoms with van der Waals surface area (Å²) in [7, 11) is 4.57. The van der Waals surface area contributed by atoms with Crippen molar-refractivity contribution in [2.75, 3.05) is 27.9 Å². The van der Waals surface area contributed by atoms with Crippen LogP contribution in [0.25, 0.3) is 0 Å². The molecule has 6 nitrogen and oxygen atoms in total. The van der Waals surface area contributed by atoms with Gasteiger partial charge in [0.25, 0.3) is 0 Å². The lowest BCUT2D eigenvalue weighted by atomic mass is 9.79. The second kappa shape index (κ2) is 6.10. The van der Waals surface area contributed by atoms with Crippen molar-refractivity contribution in [3.05, 3.63) is 23.3 Å². The van der Waals surface area contributed by atoms with Crippen LogP contribution in [-0.2, 0) is 20.7 Å². The van der Waals surface area contributed by atoms with Gasteiger partial charge in [0.15, 0.2) is 11.5 Å². The fourth-order valence-corrected chi connectivity index (χ4v) is 3.67. The van der Waals surface area contributed by atoms with Gasteiger partial charge in [0.1, 0.15) is 0 Å². The number of carbonyl (C=O) groups is 2. The lowest BCUT2D eigenvalue weighted by Gasteiger charge is -2.44. The topological polar surface area (TPSA) is 65.1 Å². The first-order chi connectivity index (χ1) is 11.1. The number of amides is 1. The van der Waals surface area contributed by atoms with Gasteiger partial charge in [-0.15, -0.1) is 0 Å². The monoisotopic (exact) mass is 319 g/mol. The Balaban J connectivity index is 2.10. The smallest absolute Gasteiger partial charge is 0.311 e. The van der Waals surface area contributed by atoms with Crippen molar-refractivity contribution in [2.24, 2.45) is 5.92 Å². The summed E-state index contributed by atoms with van der Waals surface area (Å²) in [5, 5.41) is 0. The Hall–Kier alpha value is -2.24. The lowest BCUT2D eigenvalue weighted by molar-refractivity contribution is -0.155. The van der Waals surface area contributed by atoms with E-state index in [2.05, 4.69) is 0 Å². The van der Waals surface area contributed by atoms with Gasteiger partial charge in [-0.2, -0.15) is 0 Å². The van der Waals surface area contributed by atoms with Gasteiger partial charge in [-0.1, -0.05) is 0 Å². The maximum atomic E-state index is 12.3. The van der Waals surface area contributed by atoms with E-state index in [1.165, 1.54) is 7.11 Å². The average molecular weight is 319 g/mol. The molecule has 0 saturated carbocycles. The minimum Gasteiger partial charge on any atom is -0.493 e. The molecule has 0 radical (unpaired) electrons. The number of nitrogens with zero attached hydrogens (tertiary/aromatic N) is 1. The Morgan fingerprint density at radius 3 is 2.48 bits per heavy atom. The van der Waals surface area contributed by atoms with Crippen LogP contribution in [0.15, 0.2) is 12.1 Å². The van der Waals surface area contributed by atoms with E-state index in [1.54, 1.807) is 19.1 Å². The Morgan fingerprint density at radius 1 is 1.13 bits per heavy atom. The van der Waals surface area contributed by atoms with Gasteiger partial charge in [-0.3, -0.25) is 9.59 Å². The molecule has 2 heterocycles. The number of fused-ring (bicyclic) bond motifs is 3. The molecule has 1 aromatic carbocycles. The third kappa shape index (κ3) is 2.52. The Labute approximate surface area is 135 Å². The molecule has 124 valence electrons. The fraction of sp³-hybridized carbons (Fsp3) is 0.529. The molecular weight excluding hydrogens is 298 g/mol. The van der Waals surface area contributed by atoms with E-state index >= 15 is 0 Å². The number of hydrogen-bond donors (Lipinski definition) is 0. The molecule has 23 heavy (non-hydrogen) atoms. The summed E-state index contributed by atoms with van der Waals surface area (Å²) in [5.74, 6) is 0.756. The number of benzene rings is 1. The van der Waals surface area contributed by atoms with Crippen LogP contribution in [-0.4, -0.2) is 44.7 Å². The molecule has 0 aliphatic carbocycles. The molecule has 0 aromatic heterocycles. The normalized spacial score (nSPS) is 22.9. The standard InChI is InChI=1S/C17H21NO5/c1-21-13-8-10-6-7-18-15(19)5-4-11(17(20)23-3)16(18)12(10)9-14(13)22-2/h8-9,11,16H,4-7H2,1-3H3/t11-,16-/m0/s1. The quantitative estimate of drug-likeness (QED) is 0.794. The van der Waals surface area contributed by atoms with Crippen molar-refractivity contribution in [3.63, 3.8) is 0 Å². The second-order valence-corrected chi connectivity index (χ2v) is 5.86. The summed E-state index contributed by atoms with van der Waals surface area (Å²) in [6, 6.07) is 3.55. The third-order valence-electron chi connectivity index (χ3n) is 4.80. The molecule has 1 amide bonds. The highest BCUT2D eigenvalue weighted by atomic mass is 16.5. The van der Waals surface area contributed by atoms with Gasteiger partial charge in [-0.25, -0.2) is 0 Å². The molecule has 3 rings (SSSR count). The van der Waals surface area contributed by atoms with Crippen LogP contribution in [0, 0.1) is 5.92 Å². The maximum Gasteiger partial charge on any atom is 0.311 e. The van der Waals surface area contributed by atoms with Crippen LogP contribution in [0.1, 0.15) is 30.0 Å². The molecule has 1 aromatic rings. The van der Waals surface area contributed by atoms with Crippen LogP contribution >= 0.6 is 0 Å². The van der Waals surface area contributed by atoms with Crippen LogP contribution in [0.5, 0.6) is 11.5 Å². The average Bonchev–Trinajstić information content (AvgIpc) is 2.59. The summed E-state index contributed by atoms with van der Waals surface area (Å²) < 4.78 is 15.7. The Morgan fingerprint density at radius 2 is 1.83 bits per heavy atom. The first-order valence-electron chi connectivity index (χ1n) is 7.72. The van der Waals surface area contributed by atoms with E-state index in [9.17, 15) is 9.59 Å². The van der Waals surface area contributed by atoms with E-state index in [1.807, 2.05) is 12.1 Å². The summed E-state index contributed by atoms with van der Waals surface area (Å²) in [4.78, 5) is 26.3. The highest BCUT2D eigenvalue weighted by molar-refractivity contribution is 5.83. The molecule has 0 bridgehead atoms. The Bertz CT molecular complexity index is 642.